The van der Waals surface area contributed by atoms with Crippen LogP contribution in [0.3, 0.4) is 0 Å². The third-order valence-electron chi connectivity index (χ3n) is 3.26. The lowest BCUT2D eigenvalue weighted by atomic mass is 9.92. The summed E-state index contributed by atoms with van der Waals surface area (Å²) in [5, 5.41) is 3.40. The summed E-state index contributed by atoms with van der Waals surface area (Å²) in [6.07, 6.45) is 5.62. The minimum Gasteiger partial charge on any atom is -0.317 e. The first kappa shape index (κ1) is 9.05. The summed E-state index contributed by atoms with van der Waals surface area (Å²) in [6, 6.07) is 0.798. The molecule has 0 bridgehead atoms. The molecule has 3 unspecified atom stereocenters. The molecule has 66 valence electrons. The van der Waals surface area contributed by atoms with Gasteiger partial charge in [0, 0.05) is 6.04 Å². The lowest BCUT2D eigenvalue weighted by Gasteiger charge is -2.19. The number of hydrogen-bond donors (Lipinski definition) is 1. The molecule has 11 heavy (non-hydrogen) atoms. The third-order valence-corrected chi connectivity index (χ3v) is 3.26. The topological polar surface area (TPSA) is 12.0 Å². The second-order valence-corrected chi connectivity index (χ2v) is 3.88. The van der Waals surface area contributed by atoms with Crippen molar-refractivity contribution in [2.24, 2.45) is 11.8 Å². The lowest BCUT2D eigenvalue weighted by molar-refractivity contribution is 0.345. The van der Waals surface area contributed by atoms with Crippen molar-refractivity contribution in [3.63, 3.8) is 0 Å². The molecule has 1 N–H and O–H groups in total. The Kier molecular flexibility index (Phi) is 3.38. The van der Waals surface area contributed by atoms with E-state index in [-0.39, 0.29) is 0 Å². The fraction of sp³-hybridized carbons (Fsp3) is 1.00. The number of hydrogen-bond acceptors (Lipinski definition) is 1. The van der Waals surface area contributed by atoms with Crippen molar-refractivity contribution in [2.45, 2.75) is 45.6 Å². The van der Waals surface area contributed by atoms with E-state index in [1.54, 1.807) is 0 Å². The number of rotatable bonds is 3. The zero-order valence-corrected chi connectivity index (χ0v) is 8.06. The smallest absolute Gasteiger partial charge is 0.00924 e. The molecule has 0 aromatic rings. The predicted octanol–water partition coefficient (Wildman–Crippen LogP) is 2.42. The molecule has 0 saturated heterocycles. The Hall–Kier alpha value is -0.0400. The minimum absolute atomic E-state index is 0.798. The van der Waals surface area contributed by atoms with Crippen molar-refractivity contribution in [1.29, 1.82) is 0 Å². The van der Waals surface area contributed by atoms with Gasteiger partial charge in [-0.1, -0.05) is 26.7 Å². The highest BCUT2D eigenvalue weighted by Gasteiger charge is 2.30. The molecular formula is C10H21N. The first-order valence-electron chi connectivity index (χ1n) is 4.96. The van der Waals surface area contributed by atoms with Gasteiger partial charge in [0.1, 0.15) is 0 Å². The van der Waals surface area contributed by atoms with Crippen LogP contribution in [0, 0.1) is 11.8 Å². The monoisotopic (exact) mass is 155 g/mol. The Bertz CT molecular complexity index is 111. The van der Waals surface area contributed by atoms with Crippen LogP contribution in [-0.4, -0.2) is 13.1 Å². The Morgan fingerprint density at radius 1 is 1.36 bits per heavy atom. The molecule has 1 rings (SSSR count). The van der Waals surface area contributed by atoms with Crippen LogP contribution in [-0.2, 0) is 0 Å². The molecule has 0 heterocycles. The minimum atomic E-state index is 0.798. The van der Waals surface area contributed by atoms with Gasteiger partial charge >= 0.3 is 0 Å². The molecule has 1 aliphatic carbocycles. The van der Waals surface area contributed by atoms with Gasteiger partial charge in [-0.2, -0.15) is 0 Å². The predicted molar refractivity (Wildman–Crippen MR) is 49.6 cm³/mol. The van der Waals surface area contributed by atoms with Crippen LogP contribution in [0.15, 0.2) is 0 Å². The molecule has 0 aliphatic heterocycles. The summed E-state index contributed by atoms with van der Waals surface area (Å²) < 4.78 is 0. The first-order valence-corrected chi connectivity index (χ1v) is 4.96. The van der Waals surface area contributed by atoms with Crippen molar-refractivity contribution in [2.75, 3.05) is 7.05 Å². The summed E-state index contributed by atoms with van der Waals surface area (Å²) in [4.78, 5) is 0. The van der Waals surface area contributed by atoms with Crippen molar-refractivity contribution in [3.05, 3.63) is 0 Å². The van der Waals surface area contributed by atoms with Gasteiger partial charge in [0.05, 0.1) is 0 Å². The molecule has 0 aromatic carbocycles. The van der Waals surface area contributed by atoms with Gasteiger partial charge in [0.2, 0.25) is 0 Å². The maximum absolute atomic E-state index is 3.40. The fourth-order valence-electron chi connectivity index (χ4n) is 2.43. The van der Waals surface area contributed by atoms with E-state index < -0.39 is 0 Å². The zero-order valence-electron chi connectivity index (χ0n) is 8.06. The standard InChI is InChI=1S/C10H21N/c1-4-5-9-6-7-10(11-3)8(9)2/h8-11H,4-7H2,1-3H3. The van der Waals surface area contributed by atoms with Crippen molar-refractivity contribution in [1.82, 2.24) is 5.32 Å². The summed E-state index contributed by atoms with van der Waals surface area (Å²) in [5.41, 5.74) is 0. The molecule has 1 nitrogen and oxygen atoms in total. The average molecular weight is 155 g/mol. The molecule has 0 aromatic heterocycles. The van der Waals surface area contributed by atoms with E-state index in [2.05, 4.69) is 26.2 Å². The Labute approximate surface area is 70.6 Å². The molecule has 1 aliphatic rings. The van der Waals surface area contributed by atoms with Gasteiger partial charge < -0.3 is 5.32 Å². The highest BCUT2D eigenvalue weighted by molar-refractivity contribution is 4.85. The second kappa shape index (κ2) is 4.10. The van der Waals surface area contributed by atoms with Crippen LogP contribution in [0.4, 0.5) is 0 Å². The molecule has 3 atom stereocenters. The maximum Gasteiger partial charge on any atom is 0.00924 e. The Morgan fingerprint density at radius 2 is 2.09 bits per heavy atom. The van der Waals surface area contributed by atoms with E-state index in [0.717, 1.165) is 17.9 Å². The van der Waals surface area contributed by atoms with Crippen molar-refractivity contribution < 1.29 is 0 Å². The second-order valence-electron chi connectivity index (χ2n) is 3.88. The molecule has 1 saturated carbocycles. The van der Waals surface area contributed by atoms with Crippen LogP contribution >= 0.6 is 0 Å². The van der Waals surface area contributed by atoms with Crippen LogP contribution in [0.25, 0.3) is 0 Å². The fourth-order valence-corrected chi connectivity index (χ4v) is 2.43. The van der Waals surface area contributed by atoms with E-state index >= 15 is 0 Å². The van der Waals surface area contributed by atoms with Gasteiger partial charge in [-0.15, -0.1) is 0 Å². The average Bonchev–Trinajstić information content (AvgIpc) is 2.34. The maximum atomic E-state index is 3.40. The Morgan fingerprint density at radius 3 is 2.55 bits per heavy atom. The molecule has 0 radical (unpaired) electrons. The van der Waals surface area contributed by atoms with E-state index in [9.17, 15) is 0 Å². The molecule has 1 fully saturated rings. The van der Waals surface area contributed by atoms with Crippen LogP contribution in [0.2, 0.25) is 0 Å². The van der Waals surface area contributed by atoms with Crippen molar-refractivity contribution in [3.8, 4) is 0 Å². The van der Waals surface area contributed by atoms with Crippen LogP contribution in [0.1, 0.15) is 39.5 Å². The quantitative estimate of drug-likeness (QED) is 0.660. The van der Waals surface area contributed by atoms with E-state index in [1.807, 2.05) is 0 Å². The van der Waals surface area contributed by atoms with Gasteiger partial charge in [-0.25, -0.2) is 0 Å². The molecule has 0 spiro atoms. The van der Waals surface area contributed by atoms with E-state index in [0.29, 0.717) is 0 Å². The van der Waals surface area contributed by atoms with Gasteiger partial charge in [0.15, 0.2) is 0 Å². The highest BCUT2D eigenvalue weighted by atomic mass is 14.9. The Balaban J connectivity index is 2.35. The third kappa shape index (κ3) is 1.96. The van der Waals surface area contributed by atoms with Crippen LogP contribution in [0.5, 0.6) is 0 Å². The van der Waals surface area contributed by atoms with Gasteiger partial charge in [-0.3, -0.25) is 0 Å². The highest BCUT2D eigenvalue weighted by Crippen LogP contribution is 2.34. The molecule has 0 amide bonds. The summed E-state index contributed by atoms with van der Waals surface area (Å²) in [6.45, 7) is 4.69. The van der Waals surface area contributed by atoms with Gasteiger partial charge in [0.25, 0.3) is 0 Å². The largest absolute Gasteiger partial charge is 0.317 e. The molecular weight excluding hydrogens is 134 g/mol. The summed E-state index contributed by atoms with van der Waals surface area (Å²) in [7, 11) is 2.09. The van der Waals surface area contributed by atoms with E-state index in [1.165, 1.54) is 25.7 Å². The number of nitrogens with one attached hydrogen (secondary N) is 1. The summed E-state index contributed by atoms with van der Waals surface area (Å²) >= 11 is 0. The van der Waals surface area contributed by atoms with Crippen LogP contribution < -0.4 is 5.32 Å². The van der Waals surface area contributed by atoms with E-state index in [4.69, 9.17) is 0 Å². The molecule has 1 heteroatoms. The van der Waals surface area contributed by atoms with Crippen molar-refractivity contribution >= 4 is 0 Å². The SMILES string of the molecule is CCCC1CCC(NC)C1C. The van der Waals surface area contributed by atoms with Gasteiger partial charge in [-0.05, 0) is 31.7 Å². The normalized spacial score (nSPS) is 37.9. The lowest BCUT2D eigenvalue weighted by Crippen LogP contribution is -2.29. The first-order chi connectivity index (χ1) is 5.29. The summed E-state index contributed by atoms with van der Waals surface area (Å²) in [5.74, 6) is 1.90. The zero-order chi connectivity index (χ0) is 8.27.